The zero-order valence-corrected chi connectivity index (χ0v) is 12.8. The van der Waals surface area contributed by atoms with E-state index in [1.807, 2.05) is 0 Å². The number of carbonyl (C=O) groups is 1. The van der Waals surface area contributed by atoms with E-state index in [9.17, 15) is 4.79 Å². The molecular formula is C13H30N4OS. The van der Waals surface area contributed by atoms with Gasteiger partial charge >= 0.3 is 0 Å². The van der Waals surface area contributed by atoms with Crippen LogP contribution in [0.25, 0.3) is 0 Å². The Hall–Kier alpha value is -0.300. The quantitative estimate of drug-likeness (QED) is 0.233. The van der Waals surface area contributed by atoms with Crippen LogP contribution < -0.4 is 21.7 Å². The van der Waals surface area contributed by atoms with E-state index < -0.39 is 0 Å². The topological polar surface area (TPSA) is 79.2 Å². The molecule has 0 rings (SSSR count). The molecule has 0 saturated carbocycles. The normalized spacial score (nSPS) is 10.6. The fourth-order valence-corrected chi connectivity index (χ4v) is 1.81. The molecule has 0 unspecified atom stereocenters. The Morgan fingerprint density at radius 3 is 2.05 bits per heavy atom. The first-order valence-electron chi connectivity index (χ1n) is 7.30. The molecule has 0 aliphatic heterocycles. The smallest absolute Gasteiger partial charge is 0.220 e. The van der Waals surface area contributed by atoms with E-state index in [2.05, 4.69) is 28.6 Å². The molecule has 0 aliphatic carbocycles. The van der Waals surface area contributed by atoms with Crippen molar-refractivity contribution in [3.8, 4) is 0 Å². The standard InChI is InChI=1S/C13H30N4OS/c14-6-3-9-15-7-1-2-8-16-10-4-11-17-13(18)5-12-19/h15-16,19H,1-12,14H2,(H,17,18). The predicted octanol–water partition coefficient (Wildman–Crippen LogP) is 0.121. The first-order chi connectivity index (χ1) is 9.31. The lowest BCUT2D eigenvalue weighted by molar-refractivity contribution is -0.120. The molecule has 19 heavy (non-hydrogen) atoms. The van der Waals surface area contributed by atoms with Gasteiger partial charge in [0.2, 0.25) is 5.91 Å². The van der Waals surface area contributed by atoms with E-state index >= 15 is 0 Å². The Labute approximate surface area is 122 Å². The lowest BCUT2D eigenvalue weighted by Gasteiger charge is -2.07. The number of nitrogens with two attached hydrogens (primary N) is 1. The number of amides is 1. The number of hydrogen-bond acceptors (Lipinski definition) is 5. The number of unbranched alkanes of at least 4 members (excludes halogenated alkanes) is 1. The van der Waals surface area contributed by atoms with Crippen molar-refractivity contribution in [2.24, 2.45) is 5.73 Å². The molecule has 0 aromatic carbocycles. The second kappa shape index (κ2) is 15.8. The van der Waals surface area contributed by atoms with Gasteiger partial charge < -0.3 is 21.7 Å². The second-order valence-electron chi connectivity index (χ2n) is 4.53. The summed E-state index contributed by atoms with van der Waals surface area (Å²) in [5.74, 6) is 0.710. The molecule has 0 spiro atoms. The molecule has 0 atom stereocenters. The van der Waals surface area contributed by atoms with Crippen LogP contribution in [0, 0.1) is 0 Å². The fourth-order valence-electron chi connectivity index (χ4n) is 1.61. The highest BCUT2D eigenvalue weighted by Crippen LogP contribution is 1.86. The third kappa shape index (κ3) is 15.6. The summed E-state index contributed by atoms with van der Waals surface area (Å²) in [5.41, 5.74) is 5.40. The van der Waals surface area contributed by atoms with Gasteiger partial charge in [-0.05, 0) is 64.2 Å². The van der Waals surface area contributed by atoms with Crippen LogP contribution in [0.2, 0.25) is 0 Å². The minimum Gasteiger partial charge on any atom is -0.356 e. The van der Waals surface area contributed by atoms with Gasteiger partial charge in [-0.15, -0.1) is 0 Å². The van der Waals surface area contributed by atoms with Crippen molar-refractivity contribution in [2.75, 3.05) is 45.0 Å². The molecule has 0 aromatic rings. The van der Waals surface area contributed by atoms with E-state index in [0.29, 0.717) is 12.2 Å². The minimum absolute atomic E-state index is 0.0959. The van der Waals surface area contributed by atoms with Crippen LogP contribution in [-0.4, -0.2) is 50.9 Å². The van der Waals surface area contributed by atoms with E-state index in [1.165, 1.54) is 12.8 Å². The monoisotopic (exact) mass is 290 g/mol. The lowest BCUT2D eigenvalue weighted by atomic mass is 10.3. The van der Waals surface area contributed by atoms with Crippen LogP contribution in [0.3, 0.4) is 0 Å². The highest BCUT2D eigenvalue weighted by atomic mass is 32.1. The molecule has 5 N–H and O–H groups in total. The molecule has 6 heteroatoms. The largest absolute Gasteiger partial charge is 0.356 e. The Morgan fingerprint density at radius 1 is 0.895 bits per heavy atom. The van der Waals surface area contributed by atoms with Crippen LogP contribution in [0.5, 0.6) is 0 Å². The van der Waals surface area contributed by atoms with E-state index in [1.54, 1.807) is 0 Å². The highest BCUT2D eigenvalue weighted by molar-refractivity contribution is 7.80. The molecule has 0 fully saturated rings. The Kier molecular flexibility index (Phi) is 15.5. The average Bonchev–Trinajstić information content (AvgIpc) is 2.40. The maximum Gasteiger partial charge on any atom is 0.220 e. The lowest BCUT2D eigenvalue weighted by Crippen LogP contribution is -2.27. The predicted molar refractivity (Wildman–Crippen MR) is 84.7 cm³/mol. The van der Waals surface area contributed by atoms with Gasteiger partial charge in [0.25, 0.3) is 0 Å². The fraction of sp³-hybridized carbons (Fsp3) is 0.923. The van der Waals surface area contributed by atoms with E-state index in [-0.39, 0.29) is 5.91 Å². The van der Waals surface area contributed by atoms with Crippen molar-refractivity contribution in [3.63, 3.8) is 0 Å². The van der Waals surface area contributed by atoms with Gasteiger partial charge in [-0.3, -0.25) is 4.79 Å². The number of nitrogens with one attached hydrogen (secondary N) is 3. The van der Waals surface area contributed by atoms with Gasteiger partial charge in [0.1, 0.15) is 0 Å². The van der Waals surface area contributed by atoms with Crippen molar-refractivity contribution < 1.29 is 4.79 Å². The molecule has 5 nitrogen and oxygen atoms in total. The number of rotatable bonds is 14. The summed E-state index contributed by atoms with van der Waals surface area (Å²) in [4.78, 5) is 11.1. The van der Waals surface area contributed by atoms with Crippen molar-refractivity contribution in [1.29, 1.82) is 0 Å². The Morgan fingerprint density at radius 2 is 1.47 bits per heavy atom. The Bertz CT molecular complexity index is 205. The maximum atomic E-state index is 11.1. The van der Waals surface area contributed by atoms with Gasteiger partial charge in [0.05, 0.1) is 0 Å². The summed E-state index contributed by atoms with van der Waals surface area (Å²) in [7, 11) is 0. The summed E-state index contributed by atoms with van der Waals surface area (Å²) in [6, 6.07) is 0. The third-order valence-corrected chi connectivity index (χ3v) is 2.93. The molecule has 0 bridgehead atoms. The molecule has 0 saturated heterocycles. The minimum atomic E-state index is 0.0959. The molecule has 0 radical (unpaired) electrons. The molecule has 0 aromatic heterocycles. The van der Waals surface area contributed by atoms with Crippen molar-refractivity contribution in [1.82, 2.24) is 16.0 Å². The molecule has 0 aliphatic rings. The molecule has 114 valence electrons. The second-order valence-corrected chi connectivity index (χ2v) is 4.97. The molecule has 1 amide bonds. The van der Waals surface area contributed by atoms with Gasteiger partial charge in [0, 0.05) is 13.0 Å². The maximum absolute atomic E-state index is 11.1. The van der Waals surface area contributed by atoms with Gasteiger partial charge in [-0.2, -0.15) is 12.6 Å². The van der Waals surface area contributed by atoms with Crippen molar-refractivity contribution >= 4 is 18.5 Å². The zero-order chi connectivity index (χ0) is 14.2. The Balaban J connectivity index is 3.01. The van der Waals surface area contributed by atoms with Crippen LogP contribution in [0.15, 0.2) is 0 Å². The number of thiol groups is 1. The van der Waals surface area contributed by atoms with Crippen LogP contribution in [-0.2, 0) is 4.79 Å². The SMILES string of the molecule is NCCCNCCCCNCCCNC(=O)CCS. The van der Waals surface area contributed by atoms with Gasteiger partial charge in [0.15, 0.2) is 0 Å². The van der Waals surface area contributed by atoms with E-state index in [4.69, 9.17) is 5.73 Å². The molecular weight excluding hydrogens is 260 g/mol. The van der Waals surface area contributed by atoms with E-state index in [0.717, 1.165) is 52.1 Å². The van der Waals surface area contributed by atoms with Crippen molar-refractivity contribution in [3.05, 3.63) is 0 Å². The summed E-state index contributed by atoms with van der Waals surface area (Å²) in [5, 5.41) is 9.61. The summed E-state index contributed by atoms with van der Waals surface area (Å²) in [6.45, 7) is 5.61. The first kappa shape index (κ1) is 18.7. The summed E-state index contributed by atoms with van der Waals surface area (Å²) < 4.78 is 0. The van der Waals surface area contributed by atoms with Crippen molar-refractivity contribution in [2.45, 2.75) is 32.1 Å². The third-order valence-electron chi connectivity index (χ3n) is 2.71. The first-order valence-corrected chi connectivity index (χ1v) is 7.93. The summed E-state index contributed by atoms with van der Waals surface area (Å²) >= 11 is 4.01. The summed E-state index contributed by atoms with van der Waals surface area (Å²) in [6.07, 6.45) is 4.91. The number of carbonyl (C=O) groups excluding carboxylic acids is 1. The van der Waals surface area contributed by atoms with Gasteiger partial charge in [-0.25, -0.2) is 0 Å². The van der Waals surface area contributed by atoms with Crippen LogP contribution in [0.4, 0.5) is 0 Å². The van der Waals surface area contributed by atoms with Crippen LogP contribution >= 0.6 is 12.6 Å². The zero-order valence-electron chi connectivity index (χ0n) is 11.9. The van der Waals surface area contributed by atoms with Gasteiger partial charge in [-0.1, -0.05) is 0 Å². The molecule has 0 heterocycles. The highest BCUT2D eigenvalue weighted by Gasteiger charge is 1.97. The van der Waals surface area contributed by atoms with Crippen LogP contribution in [0.1, 0.15) is 32.1 Å². The number of hydrogen-bond donors (Lipinski definition) is 5. The average molecular weight is 290 g/mol.